The Hall–Kier alpha value is -3.52. The lowest BCUT2D eigenvalue weighted by Crippen LogP contribution is -2.24. The van der Waals surface area contributed by atoms with Gasteiger partial charge in [-0.15, -0.1) is 0 Å². The monoisotopic (exact) mass is 442 g/mol. The molecule has 3 aromatic rings. The first-order chi connectivity index (χ1) is 14.9. The molecule has 1 N–H and O–H groups in total. The Morgan fingerprint density at radius 1 is 1.13 bits per heavy atom. The summed E-state index contributed by atoms with van der Waals surface area (Å²) in [5.74, 6) is -0.392. The fraction of sp³-hybridized carbons (Fsp3) is 0.182. The smallest absolute Gasteiger partial charge is 0.229 e. The minimum absolute atomic E-state index is 0.0325. The van der Waals surface area contributed by atoms with Crippen LogP contribution in [0.2, 0.25) is 5.02 Å². The predicted octanol–water partition coefficient (Wildman–Crippen LogP) is 4.53. The van der Waals surface area contributed by atoms with Gasteiger partial charge in [-0.25, -0.2) is 14.4 Å². The molecule has 2 aromatic heterocycles. The van der Waals surface area contributed by atoms with Gasteiger partial charge in [0.1, 0.15) is 11.6 Å². The highest BCUT2D eigenvalue weighted by Gasteiger charge is 2.18. The summed E-state index contributed by atoms with van der Waals surface area (Å²) in [6.45, 7) is 3.68. The molecule has 31 heavy (non-hydrogen) atoms. The quantitative estimate of drug-likeness (QED) is 0.581. The lowest BCUT2D eigenvalue weighted by molar-refractivity contribution is -0.116. The van der Waals surface area contributed by atoms with E-state index in [1.807, 2.05) is 6.92 Å². The van der Waals surface area contributed by atoms with Gasteiger partial charge in [0.05, 0.1) is 18.7 Å². The molecule has 0 aliphatic heterocycles. The summed E-state index contributed by atoms with van der Waals surface area (Å²) in [7, 11) is 0. The molecular formula is C22H20ClFN4O3. The number of rotatable bonds is 7. The molecule has 0 radical (unpaired) electrons. The minimum atomic E-state index is -0.471. The van der Waals surface area contributed by atoms with Gasteiger partial charge >= 0.3 is 0 Å². The van der Waals surface area contributed by atoms with Crippen LogP contribution < -0.4 is 15.0 Å². The molecule has 0 aliphatic carbocycles. The molecule has 0 atom stereocenters. The number of aromatic nitrogens is 2. The Bertz CT molecular complexity index is 1110. The van der Waals surface area contributed by atoms with E-state index < -0.39 is 5.82 Å². The van der Waals surface area contributed by atoms with E-state index >= 15 is 0 Å². The highest BCUT2D eigenvalue weighted by atomic mass is 35.5. The molecule has 160 valence electrons. The van der Waals surface area contributed by atoms with Crippen LogP contribution in [-0.2, 0) is 16.0 Å². The van der Waals surface area contributed by atoms with Gasteiger partial charge in [-0.2, -0.15) is 0 Å². The summed E-state index contributed by atoms with van der Waals surface area (Å²) in [6.07, 6.45) is 2.99. The van der Waals surface area contributed by atoms with Crippen molar-refractivity contribution in [2.45, 2.75) is 20.3 Å². The van der Waals surface area contributed by atoms with Gasteiger partial charge in [0.25, 0.3) is 0 Å². The van der Waals surface area contributed by atoms with Crippen LogP contribution in [0.1, 0.15) is 19.4 Å². The van der Waals surface area contributed by atoms with Crippen LogP contribution in [0.25, 0.3) is 0 Å². The third-order valence-corrected chi connectivity index (χ3v) is 4.56. The van der Waals surface area contributed by atoms with Crippen LogP contribution in [-0.4, -0.2) is 28.4 Å². The second-order valence-corrected chi connectivity index (χ2v) is 6.91. The number of carbonyl (C=O) groups is 2. The van der Waals surface area contributed by atoms with E-state index in [0.29, 0.717) is 35.2 Å². The molecule has 3 rings (SSSR count). The Balaban J connectivity index is 1.81. The Morgan fingerprint density at radius 2 is 1.90 bits per heavy atom. The maximum atomic E-state index is 13.2. The normalized spacial score (nSPS) is 10.5. The third kappa shape index (κ3) is 5.76. The van der Waals surface area contributed by atoms with E-state index in [2.05, 4.69) is 15.3 Å². The lowest BCUT2D eigenvalue weighted by atomic mass is 10.1. The number of benzene rings is 1. The van der Waals surface area contributed by atoms with Crippen LogP contribution in [0.15, 0.2) is 54.9 Å². The summed E-state index contributed by atoms with van der Waals surface area (Å²) in [6, 6.07) is 10.3. The molecule has 7 nitrogen and oxygen atoms in total. The summed E-state index contributed by atoms with van der Waals surface area (Å²) < 4.78 is 18.6. The number of ether oxygens (including phenoxy) is 1. The second kappa shape index (κ2) is 9.99. The van der Waals surface area contributed by atoms with Crippen molar-refractivity contribution in [3.63, 3.8) is 0 Å². The average molecular weight is 443 g/mol. The highest BCUT2D eigenvalue weighted by molar-refractivity contribution is 6.31. The van der Waals surface area contributed by atoms with Gasteiger partial charge in [-0.3, -0.25) is 14.5 Å². The molecule has 0 saturated heterocycles. The van der Waals surface area contributed by atoms with Crippen molar-refractivity contribution >= 4 is 40.6 Å². The van der Waals surface area contributed by atoms with Crippen molar-refractivity contribution < 1.29 is 18.7 Å². The topological polar surface area (TPSA) is 84.4 Å². The first-order valence-corrected chi connectivity index (χ1v) is 9.84. The molecule has 0 aliphatic rings. The fourth-order valence-electron chi connectivity index (χ4n) is 2.90. The van der Waals surface area contributed by atoms with Crippen molar-refractivity contribution in [1.29, 1.82) is 0 Å². The highest BCUT2D eigenvalue weighted by Crippen LogP contribution is 2.28. The molecule has 0 unspecified atom stereocenters. The Labute approximate surface area is 183 Å². The van der Waals surface area contributed by atoms with Crippen molar-refractivity contribution in [3.8, 4) is 5.88 Å². The maximum absolute atomic E-state index is 13.2. The largest absolute Gasteiger partial charge is 0.478 e. The van der Waals surface area contributed by atoms with Crippen LogP contribution in [0.4, 0.5) is 21.6 Å². The number of hydrogen-bond acceptors (Lipinski definition) is 5. The number of halogens is 2. The zero-order valence-electron chi connectivity index (χ0n) is 16.9. The molecule has 1 aromatic carbocycles. The third-order valence-electron chi connectivity index (χ3n) is 4.21. The van der Waals surface area contributed by atoms with E-state index in [4.69, 9.17) is 16.3 Å². The summed E-state index contributed by atoms with van der Waals surface area (Å²) in [4.78, 5) is 34.5. The standard InChI is InChI=1S/C22H20ClFN4O3/c1-3-31-22-13-18(7-9-26-22)28(14(2)29)20-12-17(6-8-25-20)27-21(30)10-15-4-5-16(24)11-19(15)23/h4-9,11-13H,3,10H2,1-2H3,(H,25,27,30). The predicted molar refractivity (Wildman–Crippen MR) is 116 cm³/mol. The molecule has 2 heterocycles. The van der Waals surface area contributed by atoms with Gasteiger partial charge in [0.2, 0.25) is 17.7 Å². The maximum Gasteiger partial charge on any atom is 0.229 e. The fourth-order valence-corrected chi connectivity index (χ4v) is 3.14. The summed E-state index contributed by atoms with van der Waals surface area (Å²) in [5, 5.41) is 2.92. The van der Waals surface area contributed by atoms with Gasteiger partial charge in [-0.1, -0.05) is 17.7 Å². The van der Waals surface area contributed by atoms with Crippen LogP contribution in [0, 0.1) is 5.82 Å². The molecule has 0 spiro atoms. The number of nitrogens with one attached hydrogen (secondary N) is 1. The van der Waals surface area contributed by atoms with Crippen molar-refractivity contribution in [2.24, 2.45) is 0 Å². The van der Waals surface area contributed by atoms with Gasteiger partial charge in [0.15, 0.2) is 0 Å². The number of carbonyl (C=O) groups excluding carboxylic acids is 2. The van der Waals surface area contributed by atoms with Gasteiger partial charge in [-0.05, 0) is 36.8 Å². The van der Waals surface area contributed by atoms with Crippen LogP contribution >= 0.6 is 11.6 Å². The number of pyridine rings is 2. The van der Waals surface area contributed by atoms with Crippen molar-refractivity contribution in [1.82, 2.24) is 9.97 Å². The van der Waals surface area contributed by atoms with E-state index in [1.165, 1.54) is 36.4 Å². The Morgan fingerprint density at radius 3 is 2.61 bits per heavy atom. The summed E-state index contributed by atoms with van der Waals surface area (Å²) >= 11 is 5.99. The van der Waals surface area contributed by atoms with Crippen molar-refractivity contribution in [3.05, 3.63) is 71.3 Å². The minimum Gasteiger partial charge on any atom is -0.478 e. The number of anilines is 3. The lowest BCUT2D eigenvalue weighted by Gasteiger charge is -2.21. The van der Waals surface area contributed by atoms with Gasteiger partial charge in [0, 0.05) is 42.2 Å². The van der Waals surface area contributed by atoms with Crippen LogP contribution in [0.3, 0.4) is 0 Å². The molecule has 9 heteroatoms. The Kier molecular flexibility index (Phi) is 7.15. The zero-order valence-corrected chi connectivity index (χ0v) is 17.7. The second-order valence-electron chi connectivity index (χ2n) is 6.50. The molecule has 0 saturated carbocycles. The SMILES string of the molecule is CCOc1cc(N(C(C)=O)c2cc(NC(=O)Cc3ccc(F)cc3Cl)ccn2)ccn1. The van der Waals surface area contributed by atoms with E-state index in [-0.39, 0.29) is 23.3 Å². The van der Waals surface area contributed by atoms with Crippen LogP contribution in [0.5, 0.6) is 5.88 Å². The first kappa shape index (κ1) is 22.2. The number of amides is 2. The number of nitrogens with zero attached hydrogens (tertiary/aromatic N) is 3. The molecule has 0 bridgehead atoms. The van der Waals surface area contributed by atoms with Gasteiger partial charge < -0.3 is 10.1 Å². The zero-order chi connectivity index (χ0) is 22.4. The van der Waals surface area contributed by atoms with E-state index in [1.54, 1.807) is 24.3 Å². The molecule has 2 amide bonds. The molecular weight excluding hydrogens is 423 g/mol. The van der Waals surface area contributed by atoms with E-state index in [9.17, 15) is 14.0 Å². The molecule has 0 fully saturated rings. The summed E-state index contributed by atoms with van der Waals surface area (Å²) in [5.41, 5.74) is 1.47. The number of hydrogen-bond donors (Lipinski definition) is 1. The first-order valence-electron chi connectivity index (χ1n) is 9.46. The average Bonchev–Trinajstić information content (AvgIpc) is 2.71. The van der Waals surface area contributed by atoms with E-state index in [0.717, 1.165) is 6.07 Å². The van der Waals surface area contributed by atoms with Crippen molar-refractivity contribution in [2.75, 3.05) is 16.8 Å².